The third-order valence-electron chi connectivity index (χ3n) is 5.62. The van der Waals surface area contributed by atoms with Crippen LogP contribution in [-0.4, -0.2) is 41.8 Å². The molecule has 0 spiro atoms. The number of methoxy groups -OCH3 is 1. The highest BCUT2D eigenvalue weighted by Crippen LogP contribution is 2.34. The highest BCUT2D eigenvalue weighted by atomic mass is 35.5. The van der Waals surface area contributed by atoms with Gasteiger partial charge in [0, 0.05) is 19.0 Å². The number of hydrogen-bond acceptors (Lipinski definition) is 6. The van der Waals surface area contributed by atoms with Crippen molar-refractivity contribution >= 4 is 28.3 Å². The van der Waals surface area contributed by atoms with Crippen LogP contribution in [0, 0.1) is 89.3 Å². The first-order chi connectivity index (χ1) is 20.7. The minimum absolute atomic E-state index is 0.218. The van der Waals surface area contributed by atoms with Crippen molar-refractivity contribution in [1.82, 2.24) is 15.0 Å². The van der Waals surface area contributed by atoms with Crippen LogP contribution in [0.1, 0.15) is 19.8 Å². The van der Waals surface area contributed by atoms with E-state index in [4.69, 9.17) is 27.5 Å². The Hall–Kier alpha value is -5.68. The molecule has 0 radical (unpaired) electrons. The predicted molar refractivity (Wildman–Crippen MR) is 167 cm³/mol. The summed E-state index contributed by atoms with van der Waals surface area (Å²) in [5, 5.41) is 1.07. The molecule has 1 aromatic carbocycles. The number of rotatable bonds is 5. The van der Waals surface area contributed by atoms with E-state index in [9.17, 15) is 0 Å². The highest BCUT2D eigenvalue weighted by Gasteiger charge is 2.25. The van der Waals surface area contributed by atoms with E-state index in [1.54, 1.807) is 26.4 Å². The molecule has 2 aromatic heterocycles. The van der Waals surface area contributed by atoms with Gasteiger partial charge in [-0.1, -0.05) is 24.1 Å². The molecular formula is C35H25ClN4O2. The maximum absolute atomic E-state index is 6.17. The van der Waals surface area contributed by atoms with Gasteiger partial charge in [0.1, 0.15) is 17.3 Å². The Morgan fingerprint density at radius 3 is 2.24 bits per heavy atom. The Morgan fingerprint density at radius 2 is 1.60 bits per heavy atom. The van der Waals surface area contributed by atoms with E-state index in [1.807, 2.05) is 30.3 Å². The number of hydrogen-bond donors (Lipinski definition) is 0. The Balaban J connectivity index is 0.000000277. The van der Waals surface area contributed by atoms with Gasteiger partial charge in [-0.25, -0.2) is 4.98 Å². The molecule has 1 saturated heterocycles. The highest BCUT2D eigenvalue weighted by molar-refractivity contribution is 6.29. The van der Waals surface area contributed by atoms with Crippen molar-refractivity contribution in [1.29, 1.82) is 0 Å². The zero-order chi connectivity index (χ0) is 29.8. The third kappa shape index (κ3) is 10.1. The minimum atomic E-state index is 0.218. The van der Waals surface area contributed by atoms with Gasteiger partial charge in [0.05, 0.1) is 37.0 Å². The average molecular weight is 569 g/mol. The summed E-state index contributed by atoms with van der Waals surface area (Å²) >= 11 is 6.17. The van der Waals surface area contributed by atoms with Crippen LogP contribution in [0.3, 0.4) is 0 Å². The zero-order valence-electron chi connectivity index (χ0n) is 23.2. The lowest BCUT2D eigenvalue weighted by Gasteiger charge is -2.34. The van der Waals surface area contributed by atoms with Gasteiger partial charge in [-0.3, -0.25) is 4.98 Å². The molecule has 0 unspecified atom stereocenters. The number of fused-ring (bicyclic) bond motifs is 1. The molecule has 42 heavy (non-hydrogen) atoms. The summed E-state index contributed by atoms with van der Waals surface area (Å²) in [6.07, 6.45) is 10.4. The van der Waals surface area contributed by atoms with E-state index in [1.165, 1.54) is 0 Å². The lowest BCUT2D eigenvalue weighted by molar-refractivity contribution is 0.228. The molecule has 1 atom stereocenters. The first-order valence-corrected chi connectivity index (χ1v) is 13.2. The maximum Gasteiger partial charge on any atom is 0.224 e. The second kappa shape index (κ2) is 17.8. The Morgan fingerprint density at radius 1 is 0.929 bits per heavy atom. The fraction of sp³-hybridized carbons (Fsp3) is 0.229. The van der Waals surface area contributed by atoms with Crippen molar-refractivity contribution in [3.63, 3.8) is 0 Å². The molecule has 3 aromatic rings. The van der Waals surface area contributed by atoms with Gasteiger partial charge in [-0.15, -0.1) is 6.42 Å². The number of anilines is 1. The average Bonchev–Trinajstić information content (AvgIpc) is 3.03. The molecule has 0 N–H and O–H groups in total. The van der Waals surface area contributed by atoms with Crippen molar-refractivity contribution in [2.75, 3.05) is 31.7 Å². The van der Waals surface area contributed by atoms with Crippen LogP contribution in [0.15, 0.2) is 42.7 Å². The molecule has 6 nitrogen and oxygen atoms in total. The summed E-state index contributed by atoms with van der Waals surface area (Å²) < 4.78 is 11.5. The normalized spacial score (nSPS) is 12.3. The predicted octanol–water partition coefficient (Wildman–Crippen LogP) is 4.64. The molecule has 204 valence electrons. The Kier molecular flexibility index (Phi) is 13.1. The second-order valence-electron chi connectivity index (χ2n) is 8.40. The fourth-order valence-corrected chi connectivity index (χ4v) is 4.07. The summed E-state index contributed by atoms with van der Waals surface area (Å²) in [6.45, 7) is 4.14. The van der Waals surface area contributed by atoms with Crippen LogP contribution < -0.4 is 14.4 Å². The molecule has 0 bridgehead atoms. The number of terminal acetylenes is 1. The van der Waals surface area contributed by atoms with E-state index >= 15 is 0 Å². The lowest BCUT2D eigenvalue weighted by atomic mass is 9.98. The molecule has 3 heterocycles. The molecule has 0 amide bonds. The number of ether oxygens (including phenoxy) is 2. The summed E-state index contributed by atoms with van der Waals surface area (Å²) in [5.41, 5.74) is 0.687. The van der Waals surface area contributed by atoms with Gasteiger partial charge in [0.2, 0.25) is 5.28 Å². The molecule has 0 aliphatic carbocycles. The van der Waals surface area contributed by atoms with Crippen LogP contribution in [0.5, 0.6) is 11.5 Å². The van der Waals surface area contributed by atoms with Crippen LogP contribution >= 0.6 is 11.6 Å². The standard InChI is InChI=1S/C20H21ClN4O2.C15H4/c1-26-17-11-22-10-16-18(17)19(24-20(21)23-16)25-9-5-6-14(12-25)13-27-15-7-3-2-4-8-15;1-3-5-7-9-11-13-15-14-12-10-8-6-4-2/h2-4,7-8,10-11,14H,5-6,9,12-13H2,1H3;1H,2H3/t14-;/m1./s1. The van der Waals surface area contributed by atoms with Crippen molar-refractivity contribution < 1.29 is 9.47 Å². The Bertz CT molecular complexity index is 1810. The molecule has 1 aliphatic rings. The number of benzene rings is 1. The van der Waals surface area contributed by atoms with Crippen molar-refractivity contribution in [3.8, 4) is 94.9 Å². The van der Waals surface area contributed by atoms with Crippen molar-refractivity contribution in [2.24, 2.45) is 5.92 Å². The molecule has 1 fully saturated rings. The smallest absolute Gasteiger partial charge is 0.224 e. The first kappa shape index (κ1) is 30.9. The number of para-hydroxylation sites is 1. The maximum atomic E-state index is 6.17. The molecule has 4 rings (SSSR count). The van der Waals surface area contributed by atoms with Crippen molar-refractivity contribution in [3.05, 3.63) is 48.0 Å². The summed E-state index contributed by atoms with van der Waals surface area (Å²) in [5.74, 6) is 34.7. The molecular weight excluding hydrogens is 544 g/mol. The quantitative estimate of drug-likeness (QED) is 0.330. The number of halogens is 1. The first-order valence-electron chi connectivity index (χ1n) is 12.8. The van der Waals surface area contributed by atoms with Gasteiger partial charge in [0.15, 0.2) is 0 Å². The SMILES string of the molecule is C#CC#CC#CC#CC#CC#CC#CC.COc1cncc2nc(Cl)nc(N3CCC[C@@H](COc4ccccc4)C3)c12. The van der Waals surface area contributed by atoms with Crippen LogP contribution in [0.25, 0.3) is 10.9 Å². The van der Waals surface area contributed by atoms with Crippen LogP contribution in [0.4, 0.5) is 5.82 Å². The monoisotopic (exact) mass is 568 g/mol. The topological polar surface area (TPSA) is 60.4 Å². The number of nitrogens with zero attached hydrogens (tertiary/aromatic N) is 4. The Labute approximate surface area is 252 Å². The molecule has 7 heteroatoms. The fourth-order valence-electron chi connectivity index (χ4n) is 3.90. The minimum Gasteiger partial charge on any atom is -0.494 e. The summed E-state index contributed by atoms with van der Waals surface area (Å²) in [4.78, 5) is 15.2. The van der Waals surface area contributed by atoms with Gasteiger partial charge < -0.3 is 14.4 Å². The van der Waals surface area contributed by atoms with Crippen LogP contribution in [-0.2, 0) is 0 Å². The summed E-state index contributed by atoms with van der Waals surface area (Å²) in [7, 11) is 1.63. The summed E-state index contributed by atoms with van der Waals surface area (Å²) in [6, 6.07) is 9.92. The van der Waals surface area contributed by atoms with E-state index in [2.05, 4.69) is 96.8 Å². The molecule has 1 aliphatic heterocycles. The number of piperidine rings is 1. The molecule has 0 saturated carbocycles. The number of pyridine rings is 1. The van der Waals surface area contributed by atoms with E-state index in [0.717, 1.165) is 42.9 Å². The van der Waals surface area contributed by atoms with Gasteiger partial charge in [-0.2, -0.15) is 4.98 Å². The van der Waals surface area contributed by atoms with Crippen molar-refractivity contribution in [2.45, 2.75) is 19.8 Å². The van der Waals surface area contributed by atoms with Gasteiger partial charge in [0.25, 0.3) is 0 Å². The van der Waals surface area contributed by atoms with E-state index in [-0.39, 0.29) is 5.28 Å². The largest absolute Gasteiger partial charge is 0.494 e. The zero-order valence-corrected chi connectivity index (χ0v) is 24.0. The lowest BCUT2D eigenvalue weighted by Crippen LogP contribution is -2.38. The van der Waals surface area contributed by atoms with Gasteiger partial charge in [-0.05, 0) is 115 Å². The van der Waals surface area contributed by atoms with Gasteiger partial charge >= 0.3 is 0 Å². The second-order valence-corrected chi connectivity index (χ2v) is 8.74. The van der Waals surface area contributed by atoms with E-state index in [0.29, 0.717) is 23.8 Å². The third-order valence-corrected chi connectivity index (χ3v) is 5.78. The number of aromatic nitrogens is 3. The van der Waals surface area contributed by atoms with Crippen LogP contribution in [0.2, 0.25) is 5.28 Å². The van der Waals surface area contributed by atoms with E-state index < -0.39 is 0 Å².